The van der Waals surface area contributed by atoms with Crippen LogP contribution in [0, 0.1) is 13.8 Å². The highest BCUT2D eigenvalue weighted by atomic mass is 35.5. The fourth-order valence-electron chi connectivity index (χ4n) is 1.82. The minimum absolute atomic E-state index is 0.640. The smallest absolute Gasteiger partial charge is 0.162 e. The molecule has 0 saturated carbocycles. The van der Waals surface area contributed by atoms with E-state index in [-0.39, 0.29) is 0 Å². The van der Waals surface area contributed by atoms with Crippen molar-refractivity contribution in [3.05, 3.63) is 28.3 Å². The van der Waals surface area contributed by atoms with Crippen molar-refractivity contribution in [2.45, 2.75) is 34.1 Å². The van der Waals surface area contributed by atoms with Gasteiger partial charge in [0.05, 0.1) is 16.9 Å². The Hall–Kier alpha value is -1.62. The molecule has 0 bridgehead atoms. The monoisotopic (exact) mass is 279 g/mol. The molecule has 0 fully saturated rings. The number of hydrogen-bond donors (Lipinski definition) is 1. The first-order chi connectivity index (χ1) is 9.06. The molecule has 0 aliphatic carbocycles. The SMILES string of the molecule is CCNc1nc(CC)nc(-n2cc(Cl)c(C)n2)c1C. The number of halogens is 1. The second-order valence-corrected chi connectivity index (χ2v) is 4.74. The van der Waals surface area contributed by atoms with Gasteiger partial charge in [0.1, 0.15) is 11.6 Å². The lowest BCUT2D eigenvalue weighted by atomic mass is 10.3. The number of nitrogens with zero attached hydrogens (tertiary/aromatic N) is 4. The third-order valence-electron chi connectivity index (χ3n) is 2.88. The predicted octanol–water partition coefficient (Wildman–Crippen LogP) is 2.93. The van der Waals surface area contributed by atoms with Crippen LogP contribution in [0.1, 0.15) is 30.9 Å². The van der Waals surface area contributed by atoms with E-state index in [0.717, 1.165) is 41.7 Å². The van der Waals surface area contributed by atoms with Crippen molar-refractivity contribution in [1.29, 1.82) is 0 Å². The number of anilines is 1. The highest BCUT2D eigenvalue weighted by Gasteiger charge is 2.13. The Morgan fingerprint density at radius 2 is 2.00 bits per heavy atom. The van der Waals surface area contributed by atoms with E-state index >= 15 is 0 Å². The van der Waals surface area contributed by atoms with Gasteiger partial charge in [0.15, 0.2) is 5.82 Å². The van der Waals surface area contributed by atoms with E-state index in [1.807, 2.05) is 27.7 Å². The van der Waals surface area contributed by atoms with Gasteiger partial charge in [-0.05, 0) is 20.8 Å². The minimum atomic E-state index is 0.640. The average molecular weight is 280 g/mol. The van der Waals surface area contributed by atoms with Crippen molar-refractivity contribution in [2.75, 3.05) is 11.9 Å². The van der Waals surface area contributed by atoms with E-state index in [1.54, 1.807) is 10.9 Å². The summed E-state index contributed by atoms with van der Waals surface area (Å²) < 4.78 is 1.72. The van der Waals surface area contributed by atoms with Gasteiger partial charge >= 0.3 is 0 Å². The van der Waals surface area contributed by atoms with Crippen LogP contribution in [0.3, 0.4) is 0 Å². The Bertz CT molecular complexity index is 571. The van der Waals surface area contributed by atoms with Crippen LogP contribution in [0.25, 0.3) is 5.82 Å². The number of hydrogen-bond acceptors (Lipinski definition) is 4. The molecule has 0 spiro atoms. The van der Waals surface area contributed by atoms with Crippen molar-refractivity contribution in [1.82, 2.24) is 19.7 Å². The zero-order chi connectivity index (χ0) is 14.0. The van der Waals surface area contributed by atoms with Crippen LogP contribution in [0.5, 0.6) is 0 Å². The second-order valence-electron chi connectivity index (χ2n) is 4.33. The van der Waals surface area contributed by atoms with Crippen LogP contribution in [0.15, 0.2) is 6.20 Å². The lowest BCUT2D eigenvalue weighted by molar-refractivity contribution is 0.794. The third-order valence-corrected chi connectivity index (χ3v) is 3.25. The maximum Gasteiger partial charge on any atom is 0.162 e. The molecule has 1 N–H and O–H groups in total. The summed E-state index contributed by atoms with van der Waals surface area (Å²) in [5.74, 6) is 2.42. The van der Waals surface area contributed by atoms with Gasteiger partial charge < -0.3 is 5.32 Å². The van der Waals surface area contributed by atoms with Gasteiger partial charge in [-0.3, -0.25) is 0 Å². The normalized spacial score (nSPS) is 10.8. The first-order valence-electron chi connectivity index (χ1n) is 6.40. The largest absolute Gasteiger partial charge is 0.370 e. The van der Waals surface area contributed by atoms with Gasteiger partial charge in [-0.1, -0.05) is 18.5 Å². The number of aryl methyl sites for hydroxylation is 2. The van der Waals surface area contributed by atoms with Crippen LogP contribution in [-0.4, -0.2) is 26.3 Å². The lowest BCUT2D eigenvalue weighted by Gasteiger charge is -2.12. The van der Waals surface area contributed by atoms with E-state index in [2.05, 4.69) is 20.4 Å². The van der Waals surface area contributed by atoms with E-state index in [1.165, 1.54) is 0 Å². The molecule has 2 aromatic rings. The molecule has 2 aromatic heterocycles. The summed E-state index contributed by atoms with van der Waals surface area (Å²) in [6, 6.07) is 0. The number of nitrogens with one attached hydrogen (secondary N) is 1. The molecule has 2 heterocycles. The average Bonchev–Trinajstić information content (AvgIpc) is 2.72. The fraction of sp³-hybridized carbons (Fsp3) is 0.462. The highest BCUT2D eigenvalue weighted by Crippen LogP contribution is 2.21. The molecule has 0 aliphatic heterocycles. The van der Waals surface area contributed by atoms with Crippen molar-refractivity contribution in [3.63, 3.8) is 0 Å². The van der Waals surface area contributed by atoms with E-state index < -0.39 is 0 Å². The summed E-state index contributed by atoms with van der Waals surface area (Å²) in [6.07, 6.45) is 2.56. The zero-order valence-corrected chi connectivity index (χ0v) is 12.4. The summed E-state index contributed by atoms with van der Waals surface area (Å²) in [6.45, 7) is 8.76. The summed E-state index contributed by atoms with van der Waals surface area (Å²) in [4.78, 5) is 9.05. The quantitative estimate of drug-likeness (QED) is 0.935. The molecule has 6 heteroatoms. The topological polar surface area (TPSA) is 55.6 Å². The Kier molecular flexibility index (Phi) is 4.04. The molecule has 102 valence electrons. The molecule has 0 radical (unpaired) electrons. The number of aromatic nitrogens is 4. The summed E-state index contributed by atoms with van der Waals surface area (Å²) in [5, 5.41) is 8.28. The van der Waals surface area contributed by atoms with Crippen LogP contribution < -0.4 is 5.32 Å². The Morgan fingerprint density at radius 3 is 2.53 bits per heavy atom. The van der Waals surface area contributed by atoms with Crippen LogP contribution in [0.4, 0.5) is 5.82 Å². The van der Waals surface area contributed by atoms with Crippen LogP contribution >= 0.6 is 11.6 Å². The van der Waals surface area contributed by atoms with Gasteiger partial charge in [-0.25, -0.2) is 14.6 Å². The van der Waals surface area contributed by atoms with E-state index in [0.29, 0.717) is 5.02 Å². The Balaban J connectivity index is 2.57. The van der Waals surface area contributed by atoms with Crippen molar-refractivity contribution in [3.8, 4) is 5.82 Å². The van der Waals surface area contributed by atoms with Gasteiger partial charge in [-0.2, -0.15) is 5.10 Å². The first kappa shape index (κ1) is 13.8. The van der Waals surface area contributed by atoms with E-state index in [4.69, 9.17) is 11.6 Å². The zero-order valence-electron chi connectivity index (χ0n) is 11.7. The molecular weight excluding hydrogens is 262 g/mol. The first-order valence-corrected chi connectivity index (χ1v) is 6.78. The molecule has 5 nitrogen and oxygen atoms in total. The maximum absolute atomic E-state index is 6.06. The van der Waals surface area contributed by atoms with Gasteiger partial charge in [-0.15, -0.1) is 0 Å². The molecule has 19 heavy (non-hydrogen) atoms. The fourth-order valence-corrected chi connectivity index (χ4v) is 1.95. The van der Waals surface area contributed by atoms with Gasteiger partial charge in [0, 0.05) is 18.5 Å². The predicted molar refractivity (Wildman–Crippen MR) is 77.2 cm³/mol. The summed E-state index contributed by atoms with van der Waals surface area (Å²) >= 11 is 6.06. The van der Waals surface area contributed by atoms with Gasteiger partial charge in [0.25, 0.3) is 0 Å². The molecule has 2 rings (SSSR count). The van der Waals surface area contributed by atoms with Crippen LogP contribution in [0.2, 0.25) is 5.02 Å². The molecule has 0 unspecified atom stereocenters. The molecule has 0 aromatic carbocycles. The molecule has 0 amide bonds. The second kappa shape index (κ2) is 5.57. The van der Waals surface area contributed by atoms with Crippen molar-refractivity contribution < 1.29 is 0 Å². The van der Waals surface area contributed by atoms with Gasteiger partial charge in [0.2, 0.25) is 0 Å². The summed E-state index contributed by atoms with van der Waals surface area (Å²) in [5.41, 5.74) is 1.76. The maximum atomic E-state index is 6.06. The Morgan fingerprint density at radius 1 is 1.26 bits per heavy atom. The van der Waals surface area contributed by atoms with Crippen molar-refractivity contribution in [2.24, 2.45) is 0 Å². The van der Waals surface area contributed by atoms with Crippen molar-refractivity contribution >= 4 is 17.4 Å². The minimum Gasteiger partial charge on any atom is -0.370 e. The van der Waals surface area contributed by atoms with Crippen LogP contribution in [-0.2, 0) is 6.42 Å². The molecule has 0 saturated heterocycles. The molecule has 0 aliphatic rings. The highest BCUT2D eigenvalue weighted by molar-refractivity contribution is 6.31. The Labute approximate surface area is 118 Å². The number of rotatable bonds is 4. The molecular formula is C13H18ClN5. The van der Waals surface area contributed by atoms with E-state index in [9.17, 15) is 0 Å². The molecule has 0 atom stereocenters. The summed E-state index contributed by atoms with van der Waals surface area (Å²) in [7, 11) is 0. The standard InChI is InChI=1S/C13H18ClN5/c1-5-11-16-12(15-6-2)8(3)13(17-11)19-7-10(14)9(4)18-19/h7H,5-6H2,1-4H3,(H,15,16,17). The third kappa shape index (κ3) is 2.71. The lowest BCUT2D eigenvalue weighted by Crippen LogP contribution is -2.11.